The van der Waals surface area contributed by atoms with E-state index in [4.69, 9.17) is 4.74 Å². The van der Waals surface area contributed by atoms with Gasteiger partial charge < -0.3 is 15.4 Å². The first-order chi connectivity index (χ1) is 15.1. The lowest BCUT2D eigenvalue weighted by molar-refractivity contribution is -0.116. The molecule has 0 bridgehead atoms. The number of carbonyl (C=O) groups excluding carboxylic acids is 1. The summed E-state index contributed by atoms with van der Waals surface area (Å²) in [5.41, 5.74) is 6.02. The topological polar surface area (TPSA) is 50.4 Å². The minimum Gasteiger partial charge on any atom is -0.496 e. The Morgan fingerprint density at radius 1 is 0.903 bits per heavy atom. The number of benzene rings is 3. The van der Waals surface area contributed by atoms with Crippen LogP contribution in [-0.4, -0.2) is 12.9 Å². The van der Waals surface area contributed by atoms with E-state index in [1.165, 1.54) is 5.56 Å². The SMILES string of the molecule is COc1ccc([C@@H]2Nc3ccccc3NC3=C2C(=O)C[C@@H](c2ccccc2)C3)cc1Br. The van der Waals surface area contributed by atoms with Crippen LogP contribution in [0.4, 0.5) is 11.4 Å². The van der Waals surface area contributed by atoms with Crippen LogP contribution in [-0.2, 0) is 4.79 Å². The average molecular weight is 475 g/mol. The van der Waals surface area contributed by atoms with Crippen molar-refractivity contribution in [3.05, 3.63) is 99.7 Å². The maximum Gasteiger partial charge on any atom is 0.163 e. The van der Waals surface area contributed by atoms with E-state index < -0.39 is 0 Å². The second-order valence-electron chi connectivity index (χ2n) is 7.97. The summed E-state index contributed by atoms with van der Waals surface area (Å²) >= 11 is 3.60. The van der Waals surface area contributed by atoms with Gasteiger partial charge >= 0.3 is 0 Å². The first-order valence-corrected chi connectivity index (χ1v) is 11.2. The van der Waals surface area contributed by atoms with E-state index in [9.17, 15) is 4.79 Å². The van der Waals surface area contributed by atoms with Gasteiger partial charge in [0, 0.05) is 17.7 Å². The molecule has 1 heterocycles. The highest BCUT2D eigenvalue weighted by Crippen LogP contribution is 2.44. The van der Waals surface area contributed by atoms with Crippen molar-refractivity contribution in [1.29, 1.82) is 0 Å². The molecule has 156 valence electrons. The number of hydrogen-bond donors (Lipinski definition) is 2. The fourth-order valence-electron chi connectivity index (χ4n) is 4.57. The molecule has 2 atom stereocenters. The number of nitrogens with one attached hydrogen (secondary N) is 2. The van der Waals surface area contributed by atoms with Crippen molar-refractivity contribution in [1.82, 2.24) is 0 Å². The van der Waals surface area contributed by atoms with Crippen molar-refractivity contribution < 1.29 is 9.53 Å². The van der Waals surface area contributed by atoms with Crippen LogP contribution in [0.15, 0.2) is 88.5 Å². The molecule has 1 aliphatic carbocycles. The third kappa shape index (κ3) is 3.74. The molecule has 31 heavy (non-hydrogen) atoms. The highest BCUT2D eigenvalue weighted by atomic mass is 79.9. The van der Waals surface area contributed by atoms with Crippen molar-refractivity contribution in [2.75, 3.05) is 17.7 Å². The molecule has 5 rings (SSSR count). The van der Waals surface area contributed by atoms with E-state index in [0.29, 0.717) is 6.42 Å². The Morgan fingerprint density at radius 2 is 1.65 bits per heavy atom. The number of carbonyl (C=O) groups is 1. The van der Waals surface area contributed by atoms with Crippen LogP contribution in [0.1, 0.15) is 35.9 Å². The monoisotopic (exact) mass is 474 g/mol. The molecule has 0 saturated carbocycles. The van der Waals surface area contributed by atoms with Gasteiger partial charge in [0.05, 0.1) is 29.0 Å². The molecule has 3 aromatic rings. The molecule has 4 nitrogen and oxygen atoms in total. The highest BCUT2D eigenvalue weighted by Gasteiger charge is 2.36. The molecule has 3 aromatic carbocycles. The Balaban J connectivity index is 1.62. The summed E-state index contributed by atoms with van der Waals surface area (Å²) in [7, 11) is 1.65. The third-order valence-electron chi connectivity index (χ3n) is 6.09. The van der Waals surface area contributed by atoms with Crippen LogP contribution in [0.5, 0.6) is 5.75 Å². The van der Waals surface area contributed by atoms with Crippen molar-refractivity contribution in [2.45, 2.75) is 24.8 Å². The number of ketones is 1. The minimum atomic E-state index is -0.238. The lowest BCUT2D eigenvalue weighted by atomic mass is 9.78. The number of allylic oxidation sites excluding steroid dienone is 1. The second-order valence-corrected chi connectivity index (χ2v) is 8.83. The fourth-order valence-corrected chi connectivity index (χ4v) is 5.12. The van der Waals surface area contributed by atoms with Crippen LogP contribution in [0.25, 0.3) is 0 Å². The number of anilines is 2. The molecule has 0 fully saturated rings. The van der Waals surface area contributed by atoms with E-state index in [2.05, 4.69) is 44.8 Å². The average Bonchev–Trinajstić information content (AvgIpc) is 2.96. The van der Waals surface area contributed by atoms with Gasteiger partial charge in [0.2, 0.25) is 0 Å². The van der Waals surface area contributed by atoms with Gasteiger partial charge in [-0.3, -0.25) is 4.79 Å². The molecule has 5 heteroatoms. The molecule has 0 spiro atoms. The second kappa shape index (κ2) is 8.23. The number of rotatable bonds is 3. The Labute approximate surface area is 190 Å². The van der Waals surface area contributed by atoms with Crippen LogP contribution >= 0.6 is 15.9 Å². The van der Waals surface area contributed by atoms with Crippen LogP contribution in [0.3, 0.4) is 0 Å². The summed E-state index contributed by atoms with van der Waals surface area (Å²) < 4.78 is 6.27. The van der Waals surface area contributed by atoms with E-state index >= 15 is 0 Å². The summed E-state index contributed by atoms with van der Waals surface area (Å²) in [5, 5.41) is 7.21. The lowest BCUT2D eigenvalue weighted by Crippen LogP contribution is -2.26. The van der Waals surface area contributed by atoms with Gasteiger partial charge in [-0.25, -0.2) is 0 Å². The zero-order valence-electron chi connectivity index (χ0n) is 17.2. The third-order valence-corrected chi connectivity index (χ3v) is 6.71. The van der Waals surface area contributed by atoms with Gasteiger partial charge in [-0.1, -0.05) is 48.5 Å². The number of halogens is 1. The van der Waals surface area contributed by atoms with Crippen LogP contribution in [0.2, 0.25) is 0 Å². The number of hydrogen-bond acceptors (Lipinski definition) is 4. The predicted molar refractivity (Wildman–Crippen MR) is 128 cm³/mol. The first kappa shape index (κ1) is 19.9. The zero-order valence-corrected chi connectivity index (χ0v) is 18.8. The van der Waals surface area contributed by atoms with E-state index in [1.54, 1.807) is 7.11 Å². The summed E-state index contributed by atoms with van der Waals surface area (Å²) in [6.07, 6.45) is 1.31. The zero-order chi connectivity index (χ0) is 21.4. The fraction of sp³-hybridized carbons (Fsp3) is 0.192. The molecule has 0 aromatic heterocycles. The molecule has 0 unspecified atom stereocenters. The normalized spacial score (nSPS) is 20.1. The maximum absolute atomic E-state index is 13.5. The van der Waals surface area contributed by atoms with Gasteiger partial charge in [0.1, 0.15) is 5.75 Å². The van der Waals surface area contributed by atoms with Gasteiger partial charge in [0.25, 0.3) is 0 Å². The molecule has 0 saturated heterocycles. The number of para-hydroxylation sites is 2. The minimum absolute atomic E-state index is 0.175. The number of fused-ring (bicyclic) bond motifs is 1. The molecular weight excluding hydrogens is 452 g/mol. The Hall–Kier alpha value is -3.05. The Morgan fingerprint density at radius 3 is 2.39 bits per heavy atom. The largest absolute Gasteiger partial charge is 0.496 e. The first-order valence-electron chi connectivity index (χ1n) is 10.4. The van der Waals surface area contributed by atoms with Crippen molar-refractivity contribution in [3.63, 3.8) is 0 Å². The standard InChI is InChI=1S/C26H23BrN2O2/c1-31-24-12-11-17(13-19(24)27)26-25-22(28-20-9-5-6-10-21(20)29-26)14-18(15-23(25)30)16-7-3-2-4-8-16/h2-13,18,26,28-29H,14-15H2,1H3/t18-,26-/m0/s1. The summed E-state index contributed by atoms with van der Waals surface area (Å²) in [6.45, 7) is 0. The lowest BCUT2D eigenvalue weighted by Gasteiger charge is -2.30. The Bertz CT molecular complexity index is 1170. The van der Waals surface area contributed by atoms with Gasteiger partial charge in [-0.2, -0.15) is 0 Å². The maximum atomic E-state index is 13.5. The molecular formula is C26H23BrN2O2. The molecule has 0 amide bonds. The van der Waals surface area contributed by atoms with E-state index in [1.807, 2.05) is 54.6 Å². The van der Waals surface area contributed by atoms with Crippen molar-refractivity contribution in [3.8, 4) is 5.75 Å². The molecule has 2 aliphatic rings. The quantitative estimate of drug-likeness (QED) is 0.458. The molecule has 0 radical (unpaired) electrons. The summed E-state index contributed by atoms with van der Waals surface area (Å²) in [4.78, 5) is 13.5. The Kier molecular flexibility index (Phi) is 5.28. The number of ether oxygens (including phenoxy) is 1. The number of Topliss-reactive ketones (excluding diaryl/α,β-unsaturated/α-hetero) is 1. The van der Waals surface area contributed by atoms with Crippen LogP contribution in [0, 0.1) is 0 Å². The highest BCUT2D eigenvalue weighted by molar-refractivity contribution is 9.10. The van der Waals surface area contributed by atoms with Crippen molar-refractivity contribution >= 4 is 33.1 Å². The van der Waals surface area contributed by atoms with E-state index in [0.717, 1.165) is 44.9 Å². The molecule has 1 aliphatic heterocycles. The van der Waals surface area contributed by atoms with E-state index in [-0.39, 0.29) is 17.7 Å². The summed E-state index contributed by atoms with van der Waals surface area (Å²) in [6, 6.07) is 24.2. The predicted octanol–water partition coefficient (Wildman–Crippen LogP) is 6.44. The van der Waals surface area contributed by atoms with Gasteiger partial charge in [-0.15, -0.1) is 0 Å². The summed E-state index contributed by atoms with van der Waals surface area (Å²) in [5.74, 6) is 1.12. The van der Waals surface area contributed by atoms with Gasteiger partial charge in [-0.05, 0) is 63.7 Å². The van der Waals surface area contributed by atoms with Crippen molar-refractivity contribution in [2.24, 2.45) is 0 Å². The number of methoxy groups -OCH3 is 1. The molecule has 2 N–H and O–H groups in total. The smallest absolute Gasteiger partial charge is 0.163 e. The van der Waals surface area contributed by atoms with Crippen LogP contribution < -0.4 is 15.4 Å². The van der Waals surface area contributed by atoms with Gasteiger partial charge in [0.15, 0.2) is 5.78 Å².